The van der Waals surface area contributed by atoms with Crippen molar-refractivity contribution in [2.45, 2.75) is 19.5 Å². The van der Waals surface area contributed by atoms with Gasteiger partial charge in [0.1, 0.15) is 22.7 Å². The normalized spacial score (nSPS) is 13.8. The summed E-state index contributed by atoms with van der Waals surface area (Å²) in [6.45, 7) is 0.995. The Morgan fingerprint density at radius 1 is 1.25 bits per heavy atom. The number of fused-ring (bicyclic) bond motifs is 3. The molecule has 6 nitrogen and oxygen atoms in total. The predicted molar refractivity (Wildman–Crippen MR) is 90.0 cm³/mol. The molecule has 2 aromatic heterocycles. The second kappa shape index (κ2) is 5.81. The number of imidazole rings is 1. The molecule has 24 heavy (non-hydrogen) atoms. The van der Waals surface area contributed by atoms with Crippen LogP contribution in [0.3, 0.4) is 0 Å². The van der Waals surface area contributed by atoms with Crippen LogP contribution in [0.1, 0.15) is 17.8 Å². The van der Waals surface area contributed by atoms with Crippen molar-refractivity contribution in [2.75, 3.05) is 0 Å². The Morgan fingerprint density at radius 2 is 2.08 bits per heavy atom. The standard InChI is InChI=1S/C18H16N4O2/c23-15-7-9-22-14-6-8-19-11-13(14)21-17(22)16(15)18(24)20-10-12-4-2-1-3-5-12/h1-6,8,11,23H,7,9-10H2,(H,20,24). The molecule has 2 N–H and O–H groups in total. The van der Waals surface area contributed by atoms with Gasteiger partial charge in [-0.2, -0.15) is 0 Å². The number of amides is 1. The first-order valence-electron chi connectivity index (χ1n) is 7.79. The zero-order valence-corrected chi connectivity index (χ0v) is 12.9. The molecular formula is C18H16N4O2. The summed E-state index contributed by atoms with van der Waals surface area (Å²) in [5, 5.41) is 13.1. The summed E-state index contributed by atoms with van der Waals surface area (Å²) in [5.74, 6) is 0.254. The topological polar surface area (TPSA) is 80.0 Å². The molecule has 3 heterocycles. The van der Waals surface area contributed by atoms with Crippen molar-refractivity contribution in [3.8, 4) is 0 Å². The van der Waals surface area contributed by atoms with Crippen LogP contribution in [-0.2, 0) is 17.9 Å². The van der Waals surface area contributed by atoms with Gasteiger partial charge in [-0.3, -0.25) is 9.78 Å². The third-order valence-corrected chi connectivity index (χ3v) is 4.16. The molecule has 0 saturated heterocycles. The fourth-order valence-corrected chi connectivity index (χ4v) is 2.97. The molecule has 3 aromatic rings. The minimum absolute atomic E-state index is 0.0799. The molecule has 0 fully saturated rings. The van der Waals surface area contributed by atoms with Gasteiger partial charge in [0.15, 0.2) is 0 Å². The van der Waals surface area contributed by atoms with Crippen LogP contribution < -0.4 is 5.32 Å². The maximum atomic E-state index is 12.6. The van der Waals surface area contributed by atoms with Crippen molar-refractivity contribution >= 4 is 22.5 Å². The predicted octanol–water partition coefficient (Wildman–Crippen LogP) is 2.42. The molecule has 1 aliphatic rings. The van der Waals surface area contributed by atoms with Gasteiger partial charge in [0, 0.05) is 25.7 Å². The minimum atomic E-state index is -0.319. The second-order valence-corrected chi connectivity index (χ2v) is 5.69. The van der Waals surface area contributed by atoms with E-state index >= 15 is 0 Å². The molecule has 0 atom stereocenters. The number of allylic oxidation sites excluding steroid dienone is 1. The van der Waals surface area contributed by atoms with Gasteiger partial charge in [-0.05, 0) is 11.6 Å². The number of rotatable bonds is 3. The number of benzene rings is 1. The Morgan fingerprint density at radius 3 is 2.92 bits per heavy atom. The van der Waals surface area contributed by atoms with Crippen molar-refractivity contribution < 1.29 is 9.90 Å². The van der Waals surface area contributed by atoms with Crippen LogP contribution >= 0.6 is 0 Å². The maximum Gasteiger partial charge on any atom is 0.258 e. The number of nitrogens with zero attached hydrogens (tertiary/aromatic N) is 3. The molecule has 4 rings (SSSR count). The summed E-state index contributed by atoms with van der Waals surface area (Å²) < 4.78 is 1.95. The summed E-state index contributed by atoms with van der Waals surface area (Å²) in [4.78, 5) is 21.2. The SMILES string of the molecule is O=C(NCc1ccccc1)C1=C(O)CCn2c1nc1cnccc12. The average Bonchev–Trinajstić information content (AvgIpc) is 2.99. The molecule has 120 valence electrons. The van der Waals surface area contributed by atoms with Gasteiger partial charge >= 0.3 is 0 Å². The van der Waals surface area contributed by atoms with E-state index in [1.54, 1.807) is 12.4 Å². The molecular weight excluding hydrogens is 304 g/mol. The highest BCUT2D eigenvalue weighted by Gasteiger charge is 2.27. The number of aliphatic hydroxyl groups is 1. The van der Waals surface area contributed by atoms with Crippen molar-refractivity contribution in [2.24, 2.45) is 0 Å². The number of nitrogens with one attached hydrogen (secondary N) is 1. The number of aryl methyl sites for hydroxylation is 1. The second-order valence-electron chi connectivity index (χ2n) is 5.69. The van der Waals surface area contributed by atoms with Crippen LogP contribution in [0.4, 0.5) is 0 Å². The van der Waals surface area contributed by atoms with E-state index < -0.39 is 0 Å². The monoisotopic (exact) mass is 320 g/mol. The van der Waals surface area contributed by atoms with E-state index in [0.717, 1.165) is 16.6 Å². The van der Waals surface area contributed by atoms with Crippen LogP contribution in [0.5, 0.6) is 0 Å². The van der Waals surface area contributed by atoms with Crippen LogP contribution in [-0.4, -0.2) is 25.5 Å². The number of aromatic nitrogens is 3. The lowest BCUT2D eigenvalue weighted by Gasteiger charge is -2.18. The van der Waals surface area contributed by atoms with Gasteiger partial charge in [-0.15, -0.1) is 0 Å². The molecule has 1 aromatic carbocycles. The van der Waals surface area contributed by atoms with E-state index in [9.17, 15) is 9.90 Å². The highest BCUT2D eigenvalue weighted by molar-refractivity contribution is 6.19. The minimum Gasteiger partial charge on any atom is -0.511 e. The van der Waals surface area contributed by atoms with E-state index in [-0.39, 0.29) is 17.2 Å². The first-order chi connectivity index (χ1) is 11.7. The van der Waals surface area contributed by atoms with Gasteiger partial charge in [0.05, 0.1) is 11.7 Å². The van der Waals surface area contributed by atoms with Crippen LogP contribution in [0, 0.1) is 0 Å². The van der Waals surface area contributed by atoms with Gasteiger partial charge in [0.25, 0.3) is 5.91 Å². The van der Waals surface area contributed by atoms with Crippen LogP contribution in [0.2, 0.25) is 0 Å². The van der Waals surface area contributed by atoms with Gasteiger partial charge in [-0.1, -0.05) is 30.3 Å². The van der Waals surface area contributed by atoms with Gasteiger partial charge < -0.3 is 15.0 Å². The van der Waals surface area contributed by atoms with Crippen LogP contribution in [0.15, 0.2) is 54.6 Å². The molecule has 0 saturated carbocycles. The summed E-state index contributed by atoms with van der Waals surface area (Å²) in [6.07, 6.45) is 3.77. The third kappa shape index (κ3) is 2.42. The molecule has 0 radical (unpaired) electrons. The van der Waals surface area contributed by atoms with E-state index in [2.05, 4.69) is 15.3 Å². The lowest BCUT2D eigenvalue weighted by molar-refractivity contribution is -0.115. The molecule has 0 unspecified atom stereocenters. The summed E-state index contributed by atoms with van der Waals surface area (Å²) in [5.41, 5.74) is 2.88. The molecule has 0 bridgehead atoms. The molecule has 1 amide bonds. The summed E-state index contributed by atoms with van der Waals surface area (Å²) in [6, 6.07) is 11.5. The fraction of sp³-hybridized carbons (Fsp3) is 0.167. The number of carbonyl (C=O) groups excluding carboxylic acids is 1. The number of hydrogen-bond acceptors (Lipinski definition) is 4. The van der Waals surface area contributed by atoms with Crippen molar-refractivity contribution in [1.82, 2.24) is 19.9 Å². The van der Waals surface area contributed by atoms with Crippen molar-refractivity contribution in [1.29, 1.82) is 0 Å². The van der Waals surface area contributed by atoms with E-state index in [1.165, 1.54) is 0 Å². The zero-order valence-electron chi connectivity index (χ0n) is 12.9. The quantitative estimate of drug-likeness (QED) is 0.777. The van der Waals surface area contributed by atoms with Gasteiger partial charge in [-0.25, -0.2) is 4.98 Å². The first-order valence-corrected chi connectivity index (χ1v) is 7.79. The Labute approximate surface area is 138 Å². The highest BCUT2D eigenvalue weighted by Crippen LogP contribution is 2.29. The summed E-state index contributed by atoms with van der Waals surface area (Å²) in [7, 11) is 0. The van der Waals surface area contributed by atoms with Crippen molar-refractivity contribution in [3.63, 3.8) is 0 Å². The number of carbonyl (C=O) groups is 1. The fourth-order valence-electron chi connectivity index (χ4n) is 2.97. The average molecular weight is 320 g/mol. The Bertz CT molecular complexity index is 944. The largest absolute Gasteiger partial charge is 0.511 e. The Kier molecular flexibility index (Phi) is 3.49. The lowest BCUT2D eigenvalue weighted by Crippen LogP contribution is -2.28. The molecule has 6 heteroatoms. The van der Waals surface area contributed by atoms with E-state index in [1.807, 2.05) is 41.0 Å². The van der Waals surface area contributed by atoms with Gasteiger partial charge in [0.2, 0.25) is 0 Å². The zero-order chi connectivity index (χ0) is 16.5. The van der Waals surface area contributed by atoms with Crippen molar-refractivity contribution in [3.05, 3.63) is 65.9 Å². The molecule has 1 aliphatic heterocycles. The van der Waals surface area contributed by atoms with E-state index in [4.69, 9.17) is 0 Å². The molecule has 0 aliphatic carbocycles. The Balaban J connectivity index is 1.66. The highest BCUT2D eigenvalue weighted by atomic mass is 16.3. The van der Waals surface area contributed by atoms with E-state index in [0.29, 0.717) is 25.3 Å². The maximum absolute atomic E-state index is 12.6. The Hall–Kier alpha value is -3.15. The number of aliphatic hydroxyl groups excluding tert-OH is 1. The van der Waals surface area contributed by atoms with Crippen LogP contribution in [0.25, 0.3) is 16.6 Å². The number of hydrogen-bond donors (Lipinski definition) is 2. The summed E-state index contributed by atoms with van der Waals surface area (Å²) >= 11 is 0. The lowest BCUT2D eigenvalue weighted by atomic mass is 10.1. The number of pyridine rings is 1. The third-order valence-electron chi connectivity index (χ3n) is 4.16. The molecule has 0 spiro atoms. The smallest absolute Gasteiger partial charge is 0.258 e. The first kappa shape index (κ1) is 14.4.